The molecule has 2 aromatic rings. The molecule has 0 atom stereocenters. The van der Waals surface area contributed by atoms with Crippen molar-refractivity contribution in [1.29, 1.82) is 0 Å². The fourth-order valence-corrected chi connectivity index (χ4v) is 2.43. The predicted molar refractivity (Wildman–Crippen MR) is 123 cm³/mol. The van der Waals surface area contributed by atoms with E-state index in [1.54, 1.807) is 24.3 Å². The number of hydrogen-bond donors (Lipinski definition) is 0. The number of carbonyl (C=O) groups is 2. The molecule has 6 nitrogen and oxygen atoms in total. The number of hydrogen-bond acceptors (Lipinski definition) is 6. The molecule has 0 N–H and O–H groups in total. The summed E-state index contributed by atoms with van der Waals surface area (Å²) < 4.78 is 20.9. The van der Waals surface area contributed by atoms with E-state index in [9.17, 15) is 9.59 Å². The molecule has 0 fully saturated rings. The van der Waals surface area contributed by atoms with Crippen molar-refractivity contribution in [3.05, 3.63) is 98.1 Å². The first-order valence-corrected chi connectivity index (χ1v) is 9.97. The van der Waals surface area contributed by atoms with E-state index in [-0.39, 0.29) is 13.2 Å². The summed E-state index contributed by atoms with van der Waals surface area (Å²) in [5.41, 5.74) is 2.11. The summed E-state index contributed by atoms with van der Waals surface area (Å²) in [6.45, 7) is 7.79. The van der Waals surface area contributed by atoms with Crippen LogP contribution in [0.3, 0.4) is 0 Å². The Bertz CT molecular complexity index is 860. The Morgan fingerprint density at radius 3 is 1.28 bits per heavy atom. The van der Waals surface area contributed by atoms with Crippen LogP contribution in [0.15, 0.2) is 98.1 Å². The summed E-state index contributed by atoms with van der Waals surface area (Å²) in [6, 6.07) is 15.5. The molecule has 2 aromatic carbocycles. The quantitative estimate of drug-likeness (QED) is 0.259. The van der Waals surface area contributed by atoms with Gasteiger partial charge in [0, 0.05) is 12.2 Å². The van der Waals surface area contributed by atoms with E-state index in [1.807, 2.05) is 48.5 Å². The molecule has 2 rings (SSSR count). The smallest absolute Gasteiger partial charge is 0.330 e. The molecule has 166 valence electrons. The van der Waals surface area contributed by atoms with Crippen molar-refractivity contribution >= 4 is 11.9 Å². The van der Waals surface area contributed by atoms with Gasteiger partial charge < -0.3 is 18.9 Å². The second-order valence-corrected chi connectivity index (χ2v) is 6.28. The van der Waals surface area contributed by atoms with Crippen LogP contribution in [0, 0.1) is 0 Å². The third kappa shape index (κ3) is 9.17. The molecule has 0 saturated carbocycles. The van der Waals surface area contributed by atoms with Crippen molar-refractivity contribution in [2.24, 2.45) is 0 Å². The van der Waals surface area contributed by atoms with Crippen molar-refractivity contribution < 1.29 is 28.5 Å². The molecule has 0 aliphatic carbocycles. The largest absolute Gasteiger partial charge is 0.490 e. The Morgan fingerprint density at radius 2 is 0.938 bits per heavy atom. The van der Waals surface area contributed by atoms with E-state index in [4.69, 9.17) is 18.9 Å². The van der Waals surface area contributed by atoms with Crippen LogP contribution in [0.4, 0.5) is 0 Å². The van der Waals surface area contributed by atoms with Crippen molar-refractivity contribution in [2.45, 2.75) is 0 Å². The number of benzene rings is 2. The van der Waals surface area contributed by atoms with Crippen LogP contribution in [0.25, 0.3) is 11.1 Å². The van der Waals surface area contributed by atoms with Crippen LogP contribution in [0.1, 0.15) is 0 Å². The monoisotopic (exact) mass is 434 g/mol. The SMILES string of the molecule is C=CC(=O)OCC=CCOc1ccc(-c2ccc(OCC=CCOC(=O)C=C)cc2)cc1. The summed E-state index contributed by atoms with van der Waals surface area (Å²) in [5.74, 6) is 0.580. The fraction of sp³-hybridized carbons (Fsp3) is 0.154. The first kappa shape index (κ1) is 24.2. The average Bonchev–Trinajstić information content (AvgIpc) is 2.83. The second-order valence-electron chi connectivity index (χ2n) is 6.28. The number of carbonyl (C=O) groups excluding carboxylic acids is 2. The normalized spacial score (nSPS) is 10.6. The van der Waals surface area contributed by atoms with Gasteiger partial charge in [0.2, 0.25) is 0 Å². The van der Waals surface area contributed by atoms with E-state index in [0.717, 1.165) is 34.8 Å². The van der Waals surface area contributed by atoms with E-state index in [2.05, 4.69) is 13.2 Å². The van der Waals surface area contributed by atoms with E-state index in [0.29, 0.717) is 13.2 Å². The lowest BCUT2D eigenvalue weighted by molar-refractivity contribution is -0.137. The zero-order valence-corrected chi connectivity index (χ0v) is 17.8. The summed E-state index contributed by atoms with van der Waals surface area (Å²) in [5, 5.41) is 0. The number of ether oxygens (including phenoxy) is 4. The minimum absolute atomic E-state index is 0.189. The van der Waals surface area contributed by atoms with Crippen molar-refractivity contribution in [2.75, 3.05) is 26.4 Å². The second kappa shape index (κ2) is 14.0. The predicted octanol–water partition coefficient (Wildman–Crippen LogP) is 4.68. The molecule has 0 saturated heterocycles. The maximum atomic E-state index is 10.9. The van der Waals surface area contributed by atoms with E-state index >= 15 is 0 Å². The van der Waals surface area contributed by atoms with E-state index in [1.165, 1.54) is 0 Å². The molecule has 0 unspecified atom stereocenters. The molecule has 0 radical (unpaired) electrons. The number of rotatable bonds is 13. The van der Waals surface area contributed by atoms with Gasteiger partial charge in [-0.1, -0.05) is 37.4 Å². The highest BCUT2D eigenvalue weighted by Crippen LogP contribution is 2.24. The highest BCUT2D eigenvalue weighted by Gasteiger charge is 2.00. The van der Waals surface area contributed by atoms with Crippen LogP contribution < -0.4 is 9.47 Å². The van der Waals surface area contributed by atoms with Gasteiger partial charge >= 0.3 is 11.9 Å². The number of esters is 2. The first-order chi connectivity index (χ1) is 15.6. The molecule has 0 aliphatic rings. The van der Waals surface area contributed by atoms with Gasteiger partial charge in [0.15, 0.2) is 0 Å². The maximum Gasteiger partial charge on any atom is 0.330 e. The molecule has 0 aromatic heterocycles. The van der Waals surface area contributed by atoms with Crippen molar-refractivity contribution in [1.82, 2.24) is 0 Å². The fourth-order valence-electron chi connectivity index (χ4n) is 2.43. The minimum atomic E-state index is -0.452. The molecule has 6 heteroatoms. The topological polar surface area (TPSA) is 71.1 Å². The van der Waals surface area contributed by atoms with Crippen molar-refractivity contribution in [3.8, 4) is 22.6 Å². The standard InChI is InChI=1S/C26H26O6/c1-3-25(27)31-19-7-5-17-29-23-13-9-21(10-14-23)22-11-15-24(16-12-22)30-18-6-8-20-32-26(28)4-2/h3-16H,1-2,17-20H2. The Balaban J connectivity index is 1.74. The molecular formula is C26H26O6. The highest BCUT2D eigenvalue weighted by atomic mass is 16.5. The van der Waals surface area contributed by atoms with Crippen LogP contribution in [0.5, 0.6) is 11.5 Å². The summed E-state index contributed by atoms with van der Waals surface area (Å²) in [7, 11) is 0. The summed E-state index contributed by atoms with van der Waals surface area (Å²) >= 11 is 0. The first-order valence-electron chi connectivity index (χ1n) is 9.97. The lowest BCUT2D eigenvalue weighted by Crippen LogP contribution is -2.00. The Morgan fingerprint density at radius 1 is 0.594 bits per heavy atom. The van der Waals surface area contributed by atoms with Gasteiger partial charge in [-0.2, -0.15) is 0 Å². The highest BCUT2D eigenvalue weighted by molar-refractivity contribution is 5.81. The van der Waals surface area contributed by atoms with Crippen LogP contribution in [-0.2, 0) is 19.1 Å². The molecule has 32 heavy (non-hydrogen) atoms. The van der Waals surface area contributed by atoms with Gasteiger partial charge in [0.05, 0.1) is 0 Å². The molecular weight excluding hydrogens is 408 g/mol. The third-order valence-corrected chi connectivity index (χ3v) is 4.04. The maximum absolute atomic E-state index is 10.9. The molecule has 0 aliphatic heterocycles. The lowest BCUT2D eigenvalue weighted by atomic mass is 10.1. The Labute approximate surface area is 188 Å². The van der Waals surface area contributed by atoms with Gasteiger partial charge in [0.25, 0.3) is 0 Å². The van der Waals surface area contributed by atoms with Crippen molar-refractivity contribution in [3.63, 3.8) is 0 Å². The average molecular weight is 434 g/mol. The Hall–Kier alpha value is -4.06. The third-order valence-electron chi connectivity index (χ3n) is 4.04. The van der Waals surface area contributed by atoms with Gasteiger partial charge in [-0.25, -0.2) is 9.59 Å². The van der Waals surface area contributed by atoms with Gasteiger partial charge in [-0.05, 0) is 59.7 Å². The molecule has 0 heterocycles. The summed E-state index contributed by atoms with van der Waals surface area (Å²) in [4.78, 5) is 21.8. The lowest BCUT2D eigenvalue weighted by Gasteiger charge is -2.07. The summed E-state index contributed by atoms with van der Waals surface area (Å²) in [6.07, 6.45) is 9.24. The van der Waals surface area contributed by atoms with Gasteiger partial charge in [-0.15, -0.1) is 0 Å². The van der Waals surface area contributed by atoms with Crippen LogP contribution in [0.2, 0.25) is 0 Å². The molecule has 0 amide bonds. The van der Waals surface area contributed by atoms with E-state index < -0.39 is 11.9 Å². The molecule has 0 spiro atoms. The minimum Gasteiger partial charge on any atom is -0.490 e. The Kier molecular flexibility index (Phi) is 10.6. The zero-order valence-electron chi connectivity index (χ0n) is 17.8. The van der Waals surface area contributed by atoms with Gasteiger partial charge in [-0.3, -0.25) is 0 Å². The molecule has 0 bridgehead atoms. The van der Waals surface area contributed by atoms with Gasteiger partial charge in [0.1, 0.15) is 37.9 Å². The van der Waals surface area contributed by atoms with Crippen LogP contribution in [-0.4, -0.2) is 38.4 Å². The van der Waals surface area contributed by atoms with Crippen LogP contribution >= 0.6 is 0 Å². The zero-order chi connectivity index (χ0) is 23.0.